The van der Waals surface area contributed by atoms with Gasteiger partial charge in [-0.15, -0.1) is 25.5 Å². The van der Waals surface area contributed by atoms with E-state index in [1.165, 1.54) is 18.2 Å². The maximum absolute atomic E-state index is 12.0. The van der Waals surface area contributed by atoms with Crippen LogP contribution in [-0.4, -0.2) is 12.9 Å². The summed E-state index contributed by atoms with van der Waals surface area (Å²) in [5.74, 6) is 2.17. The quantitative estimate of drug-likeness (QED) is 0.675. The second-order valence-corrected chi connectivity index (χ2v) is 3.93. The Morgan fingerprint density at radius 3 is 2.65 bits per heavy atom. The SMILES string of the molecule is C#CCCNc1ccc(OC(F)(F)F)c(Br)c1. The van der Waals surface area contributed by atoms with Gasteiger partial charge in [-0.05, 0) is 34.1 Å². The minimum absolute atomic E-state index is 0.223. The average molecular weight is 308 g/mol. The van der Waals surface area contributed by atoms with Crippen molar-refractivity contribution in [2.24, 2.45) is 0 Å². The standard InChI is InChI=1S/C11H9BrF3NO/c1-2-3-6-16-8-4-5-10(9(12)7-8)17-11(13,14)15/h1,4-5,7,16H,3,6H2. The maximum Gasteiger partial charge on any atom is 0.573 e. The van der Waals surface area contributed by atoms with Gasteiger partial charge in [0.25, 0.3) is 0 Å². The average Bonchev–Trinajstić information content (AvgIpc) is 2.21. The van der Waals surface area contributed by atoms with Gasteiger partial charge in [0.15, 0.2) is 0 Å². The predicted octanol–water partition coefficient (Wildman–Crippen LogP) is 3.78. The monoisotopic (exact) mass is 307 g/mol. The molecule has 0 aliphatic rings. The van der Waals surface area contributed by atoms with E-state index in [2.05, 4.69) is 31.9 Å². The molecule has 0 saturated heterocycles. The van der Waals surface area contributed by atoms with Gasteiger partial charge in [-0.3, -0.25) is 0 Å². The van der Waals surface area contributed by atoms with Gasteiger partial charge in [0, 0.05) is 18.7 Å². The fourth-order valence-corrected chi connectivity index (χ4v) is 1.56. The van der Waals surface area contributed by atoms with E-state index in [0.717, 1.165) is 0 Å². The fraction of sp³-hybridized carbons (Fsp3) is 0.273. The molecule has 0 fully saturated rings. The number of rotatable bonds is 4. The third-order valence-corrected chi connectivity index (χ3v) is 2.38. The van der Waals surface area contributed by atoms with E-state index < -0.39 is 6.36 Å². The Kier molecular flexibility index (Phi) is 4.70. The van der Waals surface area contributed by atoms with Crippen LogP contribution in [0.25, 0.3) is 0 Å². The molecule has 0 heterocycles. The van der Waals surface area contributed by atoms with Crippen molar-refractivity contribution in [1.82, 2.24) is 0 Å². The molecule has 0 atom stereocenters. The van der Waals surface area contributed by atoms with Gasteiger partial charge in [-0.1, -0.05) is 0 Å². The number of terminal acetylenes is 1. The summed E-state index contributed by atoms with van der Waals surface area (Å²) in [6, 6.07) is 4.22. The van der Waals surface area contributed by atoms with E-state index in [1.54, 1.807) is 0 Å². The first-order chi connectivity index (χ1) is 7.92. The minimum Gasteiger partial charge on any atom is -0.405 e. The molecule has 0 aliphatic heterocycles. The lowest BCUT2D eigenvalue weighted by Gasteiger charge is -2.12. The van der Waals surface area contributed by atoms with Crippen LogP contribution in [0.2, 0.25) is 0 Å². The number of benzene rings is 1. The molecule has 0 radical (unpaired) electrons. The van der Waals surface area contributed by atoms with Crippen LogP contribution in [0.1, 0.15) is 6.42 Å². The molecule has 1 N–H and O–H groups in total. The van der Waals surface area contributed by atoms with Crippen molar-refractivity contribution in [3.8, 4) is 18.1 Å². The third kappa shape index (κ3) is 5.00. The summed E-state index contributed by atoms with van der Waals surface area (Å²) < 4.78 is 40.0. The van der Waals surface area contributed by atoms with Crippen LogP contribution in [0.5, 0.6) is 5.75 Å². The van der Waals surface area contributed by atoms with E-state index in [0.29, 0.717) is 18.7 Å². The van der Waals surface area contributed by atoms with Gasteiger partial charge in [0.1, 0.15) is 5.75 Å². The molecule has 1 aromatic rings. The summed E-state index contributed by atoms with van der Waals surface area (Å²) in [4.78, 5) is 0. The lowest BCUT2D eigenvalue weighted by Crippen LogP contribution is -2.17. The number of ether oxygens (including phenoxy) is 1. The second-order valence-electron chi connectivity index (χ2n) is 3.07. The van der Waals surface area contributed by atoms with Gasteiger partial charge in [-0.2, -0.15) is 0 Å². The van der Waals surface area contributed by atoms with Crippen molar-refractivity contribution in [3.63, 3.8) is 0 Å². The molecule has 0 unspecified atom stereocenters. The summed E-state index contributed by atoms with van der Waals surface area (Å²) in [6.07, 6.45) is 0.918. The molecule has 1 rings (SSSR count). The Morgan fingerprint density at radius 1 is 1.41 bits per heavy atom. The first-order valence-electron chi connectivity index (χ1n) is 4.65. The van der Waals surface area contributed by atoms with E-state index in [4.69, 9.17) is 6.42 Å². The summed E-state index contributed by atoms with van der Waals surface area (Å²) in [7, 11) is 0. The first-order valence-corrected chi connectivity index (χ1v) is 5.44. The topological polar surface area (TPSA) is 21.3 Å². The normalized spacial score (nSPS) is 10.8. The lowest BCUT2D eigenvalue weighted by atomic mass is 10.3. The molecular weight excluding hydrogens is 299 g/mol. The summed E-state index contributed by atoms with van der Waals surface area (Å²) in [5.41, 5.74) is 0.668. The smallest absolute Gasteiger partial charge is 0.405 e. The molecule has 0 saturated carbocycles. The zero-order valence-corrected chi connectivity index (χ0v) is 10.2. The number of nitrogens with one attached hydrogen (secondary N) is 1. The highest BCUT2D eigenvalue weighted by Crippen LogP contribution is 2.32. The van der Waals surface area contributed by atoms with Crippen molar-refractivity contribution >= 4 is 21.6 Å². The van der Waals surface area contributed by atoms with Crippen LogP contribution in [0, 0.1) is 12.3 Å². The van der Waals surface area contributed by atoms with Crippen LogP contribution in [-0.2, 0) is 0 Å². The summed E-state index contributed by atoms with van der Waals surface area (Å²) >= 11 is 3.00. The van der Waals surface area contributed by atoms with Gasteiger partial charge >= 0.3 is 6.36 Å². The molecule has 0 bridgehead atoms. The Bertz CT molecular complexity index is 426. The van der Waals surface area contributed by atoms with E-state index in [1.807, 2.05) is 0 Å². The Balaban J connectivity index is 2.70. The lowest BCUT2D eigenvalue weighted by molar-refractivity contribution is -0.274. The Hall–Kier alpha value is -1.35. The van der Waals surface area contributed by atoms with Crippen LogP contribution in [0.15, 0.2) is 22.7 Å². The number of alkyl halides is 3. The van der Waals surface area contributed by atoms with Crippen LogP contribution < -0.4 is 10.1 Å². The summed E-state index contributed by atoms with van der Waals surface area (Å²) in [5, 5.41) is 2.97. The molecule has 0 spiro atoms. The van der Waals surface area contributed by atoms with Crippen molar-refractivity contribution in [2.45, 2.75) is 12.8 Å². The molecule has 0 aromatic heterocycles. The number of halogens is 4. The van der Waals surface area contributed by atoms with Crippen molar-refractivity contribution in [1.29, 1.82) is 0 Å². The number of hydrogen-bond donors (Lipinski definition) is 1. The minimum atomic E-state index is -4.69. The highest BCUT2D eigenvalue weighted by Gasteiger charge is 2.31. The molecular formula is C11H9BrF3NO. The summed E-state index contributed by atoms with van der Waals surface area (Å²) in [6.45, 7) is 0.558. The Labute approximate surface area is 105 Å². The highest BCUT2D eigenvalue weighted by molar-refractivity contribution is 9.10. The van der Waals surface area contributed by atoms with Crippen molar-refractivity contribution in [2.75, 3.05) is 11.9 Å². The van der Waals surface area contributed by atoms with Crippen LogP contribution >= 0.6 is 15.9 Å². The largest absolute Gasteiger partial charge is 0.573 e. The number of hydrogen-bond acceptors (Lipinski definition) is 2. The zero-order chi connectivity index (χ0) is 12.9. The Morgan fingerprint density at radius 2 is 2.12 bits per heavy atom. The molecule has 92 valence electrons. The zero-order valence-electron chi connectivity index (χ0n) is 8.64. The molecule has 17 heavy (non-hydrogen) atoms. The van der Waals surface area contributed by atoms with Crippen molar-refractivity contribution < 1.29 is 17.9 Å². The highest BCUT2D eigenvalue weighted by atomic mass is 79.9. The fourth-order valence-electron chi connectivity index (χ4n) is 1.10. The third-order valence-electron chi connectivity index (χ3n) is 1.76. The molecule has 6 heteroatoms. The molecule has 0 amide bonds. The van der Waals surface area contributed by atoms with Crippen LogP contribution in [0.3, 0.4) is 0 Å². The predicted molar refractivity (Wildman–Crippen MR) is 62.8 cm³/mol. The van der Waals surface area contributed by atoms with E-state index in [9.17, 15) is 13.2 Å². The van der Waals surface area contributed by atoms with Gasteiger partial charge in [-0.25, -0.2) is 0 Å². The molecule has 1 aromatic carbocycles. The maximum atomic E-state index is 12.0. The van der Waals surface area contributed by atoms with E-state index in [-0.39, 0.29) is 10.2 Å². The van der Waals surface area contributed by atoms with E-state index >= 15 is 0 Å². The molecule has 0 aliphatic carbocycles. The van der Waals surface area contributed by atoms with Gasteiger partial charge < -0.3 is 10.1 Å². The number of anilines is 1. The van der Waals surface area contributed by atoms with Crippen molar-refractivity contribution in [3.05, 3.63) is 22.7 Å². The van der Waals surface area contributed by atoms with Crippen LogP contribution in [0.4, 0.5) is 18.9 Å². The van der Waals surface area contributed by atoms with Gasteiger partial charge in [0.05, 0.1) is 4.47 Å². The van der Waals surface area contributed by atoms with Gasteiger partial charge in [0.2, 0.25) is 0 Å². The second kappa shape index (κ2) is 5.82. The first kappa shape index (κ1) is 13.7. The molecule has 2 nitrogen and oxygen atoms in total.